The van der Waals surface area contributed by atoms with Crippen LogP contribution in [-0.2, 0) is 14.3 Å². The molecular formula is C26H28AsO3+. The monoisotopic (exact) mass is 463 g/mol. The van der Waals surface area contributed by atoms with E-state index in [1.807, 2.05) is 32.0 Å². The van der Waals surface area contributed by atoms with Gasteiger partial charge in [-0.2, -0.15) is 0 Å². The molecule has 0 heterocycles. The van der Waals surface area contributed by atoms with E-state index in [1.54, 1.807) is 0 Å². The van der Waals surface area contributed by atoms with E-state index in [-0.39, 0.29) is 5.97 Å². The zero-order valence-corrected chi connectivity index (χ0v) is 19.4. The maximum atomic E-state index is 12.3. The van der Waals surface area contributed by atoms with Crippen LogP contribution in [0.3, 0.4) is 0 Å². The van der Waals surface area contributed by atoms with Crippen LogP contribution in [0.5, 0.6) is 0 Å². The molecule has 0 aliphatic carbocycles. The summed E-state index contributed by atoms with van der Waals surface area (Å²) < 4.78 is 15.1. The number of hydrogen-bond acceptors (Lipinski definition) is 3. The van der Waals surface area contributed by atoms with E-state index in [1.165, 1.54) is 19.1 Å². The summed E-state index contributed by atoms with van der Waals surface area (Å²) in [6.45, 7) is 4.60. The number of allylic oxidation sites excluding steroid dienone is 1. The predicted molar refractivity (Wildman–Crippen MR) is 125 cm³/mol. The van der Waals surface area contributed by atoms with Crippen molar-refractivity contribution in [3.63, 3.8) is 0 Å². The van der Waals surface area contributed by atoms with Gasteiger partial charge in [-0.1, -0.05) is 0 Å². The second kappa shape index (κ2) is 10.8. The van der Waals surface area contributed by atoms with Crippen LogP contribution in [0.2, 0.25) is 5.21 Å². The van der Waals surface area contributed by atoms with Crippen molar-refractivity contribution in [2.24, 2.45) is 0 Å². The van der Waals surface area contributed by atoms with Crippen molar-refractivity contribution in [2.75, 3.05) is 13.2 Å². The number of benzene rings is 3. The summed E-state index contributed by atoms with van der Waals surface area (Å²) >= 11 is -2.99. The first kappa shape index (κ1) is 21.9. The summed E-state index contributed by atoms with van der Waals surface area (Å²) in [4.78, 5) is 12.3. The van der Waals surface area contributed by atoms with Crippen molar-refractivity contribution < 1.29 is 14.3 Å². The SMILES string of the molecule is CCOC(=O)/C=C(\C[As+](c1ccccc1)(c1ccccc1)c1ccccc1)OCC. The number of carbonyl (C=O) groups excluding carboxylic acids is 1. The molecule has 30 heavy (non-hydrogen) atoms. The van der Waals surface area contributed by atoms with Crippen LogP contribution in [0, 0.1) is 0 Å². The van der Waals surface area contributed by atoms with Gasteiger partial charge in [-0.3, -0.25) is 0 Å². The van der Waals surface area contributed by atoms with Gasteiger partial charge >= 0.3 is 182 Å². The molecule has 0 saturated carbocycles. The van der Waals surface area contributed by atoms with Gasteiger partial charge in [0, 0.05) is 0 Å². The van der Waals surface area contributed by atoms with Gasteiger partial charge in [-0.15, -0.1) is 0 Å². The predicted octanol–water partition coefficient (Wildman–Crippen LogP) is 3.64. The second-order valence-corrected chi connectivity index (χ2v) is 14.1. The third-order valence-corrected chi connectivity index (χ3v) is 14.0. The van der Waals surface area contributed by atoms with Crippen LogP contribution < -0.4 is 13.1 Å². The minimum atomic E-state index is -2.99. The van der Waals surface area contributed by atoms with Gasteiger partial charge in [0.2, 0.25) is 0 Å². The Kier molecular flexibility index (Phi) is 7.93. The molecule has 0 radical (unpaired) electrons. The Hall–Kier alpha value is -2.77. The minimum absolute atomic E-state index is 0.343. The summed E-state index contributed by atoms with van der Waals surface area (Å²) in [5.41, 5.74) is 0. The standard InChI is InChI=1S/C26H28AsO3/c1-3-29-25(20-26(28)30-4-2)21-27(22-14-8-5-9-15-22,23-16-10-6-11-17-23)24-18-12-7-13-19-24/h5-20H,3-4,21H2,1-2H3/q+1/b25-20+. The average Bonchev–Trinajstić information content (AvgIpc) is 2.79. The number of hydrogen-bond donors (Lipinski definition) is 0. The van der Waals surface area contributed by atoms with E-state index in [0.717, 1.165) is 0 Å². The van der Waals surface area contributed by atoms with Crippen LogP contribution in [0.4, 0.5) is 0 Å². The molecule has 0 spiro atoms. The van der Waals surface area contributed by atoms with Crippen LogP contribution in [0.15, 0.2) is 103 Å². The summed E-state index contributed by atoms with van der Waals surface area (Å²) in [7, 11) is 0. The first-order valence-electron chi connectivity index (χ1n) is 10.3. The van der Waals surface area contributed by atoms with E-state index >= 15 is 0 Å². The molecule has 0 atom stereocenters. The molecule has 3 aromatic carbocycles. The number of carbonyl (C=O) groups is 1. The van der Waals surface area contributed by atoms with Gasteiger partial charge in [-0.05, 0) is 0 Å². The maximum absolute atomic E-state index is 12.3. The van der Waals surface area contributed by atoms with Crippen LogP contribution in [0.25, 0.3) is 0 Å². The molecule has 0 aromatic heterocycles. The van der Waals surface area contributed by atoms with Gasteiger partial charge in [0.25, 0.3) is 0 Å². The van der Waals surface area contributed by atoms with Crippen molar-refractivity contribution in [1.82, 2.24) is 0 Å². The normalized spacial score (nSPS) is 11.7. The van der Waals surface area contributed by atoms with Gasteiger partial charge in [-0.25, -0.2) is 0 Å². The number of esters is 1. The molecule has 154 valence electrons. The first-order valence-corrected chi connectivity index (χ1v) is 14.4. The molecule has 3 aromatic rings. The summed E-state index contributed by atoms with van der Waals surface area (Å²) in [6, 6.07) is 31.9. The molecule has 3 rings (SSSR count). The van der Waals surface area contributed by atoms with E-state index in [9.17, 15) is 4.79 Å². The molecule has 0 fully saturated rings. The molecule has 0 aliphatic rings. The van der Waals surface area contributed by atoms with Gasteiger partial charge in [0.1, 0.15) is 0 Å². The molecule has 4 heteroatoms. The Morgan fingerprint density at radius 2 is 1.10 bits per heavy atom. The third kappa shape index (κ3) is 5.04. The van der Waals surface area contributed by atoms with Crippen molar-refractivity contribution in [2.45, 2.75) is 19.1 Å². The fourth-order valence-corrected chi connectivity index (χ4v) is 12.3. The van der Waals surface area contributed by atoms with E-state index in [0.29, 0.717) is 24.2 Å². The third-order valence-electron chi connectivity index (χ3n) is 4.88. The quantitative estimate of drug-likeness (QED) is 0.210. The fraction of sp³-hybridized carbons (Fsp3) is 0.192. The number of rotatable bonds is 9. The van der Waals surface area contributed by atoms with Crippen LogP contribution in [0.1, 0.15) is 13.8 Å². The van der Waals surface area contributed by atoms with Gasteiger partial charge in [0.05, 0.1) is 0 Å². The van der Waals surface area contributed by atoms with Crippen molar-refractivity contribution in [1.29, 1.82) is 0 Å². The van der Waals surface area contributed by atoms with Crippen LogP contribution in [-0.4, -0.2) is 32.7 Å². The topological polar surface area (TPSA) is 35.5 Å². The summed E-state index contributed by atoms with van der Waals surface area (Å²) in [6.07, 6.45) is 1.53. The van der Waals surface area contributed by atoms with Crippen molar-refractivity contribution >= 4 is 32.6 Å². The molecule has 3 nitrogen and oxygen atoms in total. The summed E-state index contributed by atoms with van der Waals surface area (Å²) in [5, 5.41) is 0.670. The Morgan fingerprint density at radius 3 is 1.47 bits per heavy atom. The zero-order valence-electron chi connectivity index (χ0n) is 17.5. The van der Waals surface area contributed by atoms with Crippen LogP contribution >= 0.6 is 0 Å². The zero-order chi connectivity index (χ0) is 21.2. The Morgan fingerprint density at radius 1 is 0.700 bits per heavy atom. The summed E-state index contributed by atoms with van der Waals surface area (Å²) in [5.74, 6) is 0.323. The van der Waals surface area contributed by atoms with E-state index in [4.69, 9.17) is 9.47 Å². The Balaban J connectivity index is 2.24. The molecule has 0 N–H and O–H groups in total. The van der Waals surface area contributed by atoms with E-state index in [2.05, 4.69) is 72.8 Å². The van der Waals surface area contributed by atoms with Gasteiger partial charge < -0.3 is 0 Å². The van der Waals surface area contributed by atoms with E-state index < -0.39 is 13.6 Å². The fourth-order valence-electron chi connectivity index (χ4n) is 3.64. The molecule has 0 amide bonds. The Bertz CT molecular complexity index is 857. The van der Waals surface area contributed by atoms with Crippen molar-refractivity contribution in [3.05, 3.63) is 103 Å². The molecule has 0 aliphatic heterocycles. The molecule has 0 unspecified atom stereocenters. The van der Waals surface area contributed by atoms with Crippen molar-refractivity contribution in [3.8, 4) is 0 Å². The first-order chi connectivity index (χ1) is 14.7. The van der Waals surface area contributed by atoms with Gasteiger partial charge in [0.15, 0.2) is 0 Å². The average molecular weight is 463 g/mol. The Labute approximate surface area is 181 Å². The number of ether oxygens (including phenoxy) is 2. The molecule has 0 saturated heterocycles. The molecular weight excluding hydrogens is 435 g/mol. The molecule has 0 bridgehead atoms. The second-order valence-electron chi connectivity index (χ2n) is 6.77.